The Morgan fingerprint density at radius 2 is 2.00 bits per heavy atom. The molecule has 0 radical (unpaired) electrons. The Labute approximate surface area is 117 Å². The number of ketones is 1. The summed E-state index contributed by atoms with van der Waals surface area (Å²) >= 11 is 0. The second-order valence-corrected chi connectivity index (χ2v) is 4.53. The zero-order valence-electron chi connectivity index (χ0n) is 11.6. The predicted molar refractivity (Wildman–Crippen MR) is 72.4 cm³/mol. The van der Waals surface area contributed by atoms with Crippen LogP contribution in [0.2, 0.25) is 0 Å². The molecule has 0 amide bonds. The summed E-state index contributed by atoms with van der Waals surface area (Å²) in [6, 6.07) is 9.25. The van der Waals surface area contributed by atoms with E-state index >= 15 is 0 Å². The Hall–Kier alpha value is -2.14. The molecular formula is C15H17NO4. The third-order valence-corrected chi connectivity index (χ3v) is 2.66. The van der Waals surface area contributed by atoms with Crippen molar-refractivity contribution in [2.24, 2.45) is 0 Å². The van der Waals surface area contributed by atoms with Crippen molar-refractivity contribution in [1.29, 1.82) is 0 Å². The van der Waals surface area contributed by atoms with Gasteiger partial charge >= 0.3 is 0 Å². The molecule has 2 rings (SSSR count). The van der Waals surface area contributed by atoms with E-state index in [1.165, 1.54) is 0 Å². The van der Waals surface area contributed by atoms with Crippen molar-refractivity contribution in [2.45, 2.75) is 26.6 Å². The molecule has 106 valence electrons. The molecule has 0 fully saturated rings. The highest BCUT2D eigenvalue weighted by atomic mass is 16.5. The molecule has 0 saturated carbocycles. The summed E-state index contributed by atoms with van der Waals surface area (Å²) in [5, 5.41) is 3.88. The highest BCUT2D eigenvalue weighted by molar-refractivity contribution is 5.78. The fourth-order valence-corrected chi connectivity index (χ4v) is 1.78. The minimum Gasteiger partial charge on any atom is -0.487 e. The first-order valence-corrected chi connectivity index (χ1v) is 6.32. The molecule has 0 aliphatic rings. The maximum atomic E-state index is 11.0. The lowest BCUT2D eigenvalue weighted by Crippen LogP contribution is -1.98. The largest absolute Gasteiger partial charge is 0.487 e. The van der Waals surface area contributed by atoms with E-state index in [2.05, 4.69) is 5.16 Å². The van der Waals surface area contributed by atoms with Crippen molar-refractivity contribution >= 4 is 5.78 Å². The summed E-state index contributed by atoms with van der Waals surface area (Å²) in [6.07, 6.45) is 0.448. The van der Waals surface area contributed by atoms with E-state index in [1.807, 2.05) is 24.3 Å². The molecular weight excluding hydrogens is 258 g/mol. The van der Waals surface area contributed by atoms with Gasteiger partial charge in [0.1, 0.15) is 30.4 Å². The highest BCUT2D eigenvalue weighted by Gasteiger charge is 2.05. The lowest BCUT2D eigenvalue weighted by atomic mass is 10.1. The average molecular weight is 275 g/mol. The van der Waals surface area contributed by atoms with Crippen molar-refractivity contribution in [3.05, 3.63) is 47.3 Å². The molecule has 5 nitrogen and oxygen atoms in total. The summed E-state index contributed by atoms with van der Waals surface area (Å²) < 4.78 is 15.6. The van der Waals surface area contributed by atoms with Crippen LogP contribution in [0.25, 0.3) is 0 Å². The maximum Gasteiger partial charge on any atom is 0.162 e. The first-order chi connectivity index (χ1) is 9.67. The van der Waals surface area contributed by atoms with Gasteiger partial charge in [-0.05, 0) is 24.6 Å². The van der Waals surface area contributed by atoms with Gasteiger partial charge in [0.15, 0.2) is 5.76 Å². The van der Waals surface area contributed by atoms with E-state index in [9.17, 15) is 4.79 Å². The fraction of sp³-hybridized carbons (Fsp3) is 0.333. The Balaban J connectivity index is 1.88. The normalized spacial score (nSPS) is 10.5. The molecule has 1 aromatic carbocycles. The summed E-state index contributed by atoms with van der Waals surface area (Å²) in [7, 11) is 1.60. The zero-order chi connectivity index (χ0) is 14.4. The van der Waals surface area contributed by atoms with E-state index in [0.717, 1.165) is 11.3 Å². The van der Waals surface area contributed by atoms with Gasteiger partial charge in [-0.3, -0.25) is 4.79 Å². The Morgan fingerprint density at radius 3 is 2.65 bits per heavy atom. The van der Waals surface area contributed by atoms with Gasteiger partial charge in [0.25, 0.3) is 0 Å². The second-order valence-electron chi connectivity index (χ2n) is 4.53. The van der Waals surface area contributed by atoms with Gasteiger partial charge in [0.05, 0.1) is 0 Å². The standard InChI is InChI=1S/C15H17NO4/c1-11(17)7-12-3-5-14(6-4-12)19-9-13-8-15(10-18-2)20-16-13/h3-6,8H,7,9-10H2,1-2H3. The number of benzene rings is 1. The summed E-state index contributed by atoms with van der Waals surface area (Å²) in [5.74, 6) is 1.54. The van der Waals surface area contributed by atoms with Gasteiger partial charge in [-0.2, -0.15) is 0 Å². The minimum absolute atomic E-state index is 0.145. The molecule has 20 heavy (non-hydrogen) atoms. The number of carbonyl (C=O) groups excluding carboxylic acids is 1. The molecule has 5 heteroatoms. The molecule has 2 aromatic rings. The lowest BCUT2D eigenvalue weighted by Gasteiger charge is -2.04. The smallest absolute Gasteiger partial charge is 0.162 e. The van der Waals surface area contributed by atoms with Crippen LogP contribution in [0.5, 0.6) is 5.75 Å². The van der Waals surface area contributed by atoms with Gasteiger partial charge < -0.3 is 14.0 Å². The van der Waals surface area contributed by atoms with Crippen LogP contribution in [0.15, 0.2) is 34.9 Å². The van der Waals surface area contributed by atoms with Crippen LogP contribution in [-0.2, 0) is 29.2 Å². The van der Waals surface area contributed by atoms with Gasteiger partial charge in [-0.25, -0.2) is 0 Å². The summed E-state index contributed by atoms with van der Waals surface area (Å²) in [5.41, 5.74) is 1.69. The van der Waals surface area contributed by atoms with Crippen LogP contribution in [0.1, 0.15) is 23.9 Å². The second kappa shape index (κ2) is 6.86. The molecule has 0 unspecified atom stereocenters. The molecule has 0 bridgehead atoms. The molecule has 0 saturated heterocycles. The molecule has 0 spiro atoms. The number of hydrogen-bond acceptors (Lipinski definition) is 5. The SMILES string of the molecule is COCc1cc(COc2ccc(CC(C)=O)cc2)no1. The third-order valence-electron chi connectivity index (χ3n) is 2.66. The van der Waals surface area contributed by atoms with Gasteiger partial charge in [-0.1, -0.05) is 17.3 Å². The first kappa shape index (κ1) is 14.3. The number of nitrogens with zero attached hydrogens (tertiary/aromatic N) is 1. The molecule has 0 aliphatic heterocycles. The van der Waals surface area contributed by atoms with Crippen molar-refractivity contribution in [1.82, 2.24) is 5.16 Å². The fourth-order valence-electron chi connectivity index (χ4n) is 1.78. The number of rotatable bonds is 7. The Morgan fingerprint density at radius 1 is 1.25 bits per heavy atom. The molecule has 0 N–H and O–H groups in total. The zero-order valence-corrected chi connectivity index (χ0v) is 11.6. The van der Waals surface area contributed by atoms with Crippen LogP contribution in [0.4, 0.5) is 0 Å². The Kier molecular flexibility index (Phi) is 4.90. The first-order valence-electron chi connectivity index (χ1n) is 6.32. The number of carbonyl (C=O) groups is 1. The monoisotopic (exact) mass is 275 g/mol. The van der Waals surface area contributed by atoms with Crippen LogP contribution in [-0.4, -0.2) is 18.0 Å². The van der Waals surface area contributed by atoms with Gasteiger partial charge in [0, 0.05) is 19.6 Å². The molecule has 1 heterocycles. The van der Waals surface area contributed by atoms with Gasteiger partial charge in [-0.15, -0.1) is 0 Å². The Bertz CT molecular complexity index is 560. The molecule has 0 aliphatic carbocycles. The number of methoxy groups -OCH3 is 1. The topological polar surface area (TPSA) is 61.6 Å². The number of ether oxygens (including phenoxy) is 2. The minimum atomic E-state index is 0.145. The van der Waals surface area contributed by atoms with Crippen LogP contribution >= 0.6 is 0 Å². The van der Waals surface area contributed by atoms with Crippen LogP contribution < -0.4 is 4.74 Å². The summed E-state index contributed by atoms with van der Waals surface area (Å²) in [4.78, 5) is 11.0. The number of hydrogen-bond donors (Lipinski definition) is 0. The highest BCUT2D eigenvalue weighted by Crippen LogP contribution is 2.15. The van der Waals surface area contributed by atoms with Crippen molar-refractivity contribution in [3.8, 4) is 5.75 Å². The van der Waals surface area contributed by atoms with Crippen molar-refractivity contribution in [3.63, 3.8) is 0 Å². The van der Waals surface area contributed by atoms with E-state index in [4.69, 9.17) is 14.0 Å². The maximum absolute atomic E-state index is 11.0. The third kappa shape index (κ3) is 4.20. The molecule has 1 aromatic heterocycles. The molecule has 0 atom stereocenters. The van der Waals surface area contributed by atoms with Crippen LogP contribution in [0.3, 0.4) is 0 Å². The van der Waals surface area contributed by atoms with E-state index < -0.39 is 0 Å². The van der Waals surface area contributed by atoms with E-state index in [1.54, 1.807) is 20.1 Å². The lowest BCUT2D eigenvalue weighted by molar-refractivity contribution is -0.116. The predicted octanol–water partition coefficient (Wildman–Crippen LogP) is 2.53. The van der Waals surface area contributed by atoms with Crippen LogP contribution in [0, 0.1) is 0 Å². The number of aromatic nitrogens is 1. The number of Topliss-reactive ketones (excluding diaryl/α,β-unsaturated/α-hetero) is 1. The van der Waals surface area contributed by atoms with Gasteiger partial charge in [0.2, 0.25) is 0 Å². The van der Waals surface area contributed by atoms with Crippen molar-refractivity contribution < 1.29 is 18.8 Å². The summed E-state index contributed by atoms with van der Waals surface area (Å²) in [6.45, 7) is 2.30. The average Bonchev–Trinajstić information content (AvgIpc) is 2.86. The van der Waals surface area contributed by atoms with E-state index in [-0.39, 0.29) is 5.78 Å². The van der Waals surface area contributed by atoms with Crippen molar-refractivity contribution in [2.75, 3.05) is 7.11 Å². The quantitative estimate of drug-likeness (QED) is 0.777. The van der Waals surface area contributed by atoms with E-state index in [0.29, 0.717) is 31.1 Å².